The summed E-state index contributed by atoms with van der Waals surface area (Å²) >= 11 is 5.14. The molecule has 0 spiro atoms. The minimum Gasteiger partial charge on any atom is -0.315 e. The molecule has 1 fully saturated rings. The van der Waals surface area contributed by atoms with E-state index in [4.69, 9.17) is 4.98 Å². The molecule has 3 rings (SSSR count). The minimum absolute atomic E-state index is 0.225. The van der Waals surface area contributed by atoms with Crippen molar-refractivity contribution in [2.24, 2.45) is 0 Å². The zero-order valence-electron chi connectivity index (χ0n) is 10.5. The van der Waals surface area contributed by atoms with Crippen LogP contribution in [0.2, 0.25) is 0 Å². The third-order valence-corrected chi connectivity index (χ3v) is 4.98. The van der Waals surface area contributed by atoms with Crippen LogP contribution in [0.4, 0.5) is 4.39 Å². The molecule has 0 radical (unpaired) electrons. The normalized spacial score (nSPS) is 14.9. The van der Waals surface area contributed by atoms with Crippen LogP contribution in [0.1, 0.15) is 29.3 Å². The van der Waals surface area contributed by atoms with E-state index in [9.17, 15) is 4.39 Å². The lowest BCUT2D eigenvalue weighted by atomic mass is 10.2. The molecule has 1 aromatic heterocycles. The van der Waals surface area contributed by atoms with Gasteiger partial charge in [-0.1, -0.05) is 15.9 Å². The Morgan fingerprint density at radius 1 is 1.47 bits per heavy atom. The van der Waals surface area contributed by atoms with E-state index in [2.05, 4.69) is 21.2 Å². The van der Waals surface area contributed by atoms with Crippen LogP contribution < -0.4 is 5.32 Å². The van der Waals surface area contributed by atoms with E-state index in [1.165, 1.54) is 29.5 Å². The van der Waals surface area contributed by atoms with Crippen molar-refractivity contribution in [3.05, 3.63) is 39.1 Å². The molecule has 5 heteroatoms. The fourth-order valence-electron chi connectivity index (χ4n) is 2.10. The Morgan fingerprint density at radius 2 is 2.26 bits per heavy atom. The Kier molecular flexibility index (Phi) is 3.69. The first kappa shape index (κ1) is 13.2. The lowest BCUT2D eigenvalue weighted by Gasteiger charge is -2.00. The van der Waals surface area contributed by atoms with E-state index in [0.717, 1.165) is 21.6 Å². The van der Waals surface area contributed by atoms with Gasteiger partial charge in [-0.05, 0) is 38.1 Å². The number of rotatable bonds is 4. The molecular formula is C14H14BrFN2S. The van der Waals surface area contributed by atoms with Crippen LogP contribution in [0, 0.1) is 5.82 Å². The van der Waals surface area contributed by atoms with Gasteiger partial charge in [0.15, 0.2) is 0 Å². The van der Waals surface area contributed by atoms with Crippen LogP contribution >= 0.6 is 27.3 Å². The molecule has 19 heavy (non-hydrogen) atoms. The van der Waals surface area contributed by atoms with Gasteiger partial charge in [0.05, 0.1) is 5.69 Å². The van der Waals surface area contributed by atoms with Crippen molar-refractivity contribution in [3.8, 4) is 10.6 Å². The Labute approximate surface area is 124 Å². The predicted octanol–water partition coefficient (Wildman–Crippen LogP) is 4.31. The van der Waals surface area contributed by atoms with Crippen molar-refractivity contribution in [3.63, 3.8) is 0 Å². The molecule has 0 saturated heterocycles. The van der Waals surface area contributed by atoms with Gasteiger partial charge in [0.2, 0.25) is 0 Å². The molecule has 1 aliphatic rings. The second-order valence-corrected chi connectivity index (χ2v) is 6.69. The third kappa shape index (κ3) is 2.73. The molecule has 0 aliphatic heterocycles. The van der Waals surface area contributed by atoms with E-state index in [0.29, 0.717) is 5.92 Å². The van der Waals surface area contributed by atoms with Crippen molar-refractivity contribution in [2.75, 3.05) is 7.05 Å². The summed E-state index contributed by atoms with van der Waals surface area (Å²) in [4.78, 5) is 6.02. The molecular weight excluding hydrogens is 327 g/mol. The monoisotopic (exact) mass is 340 g/mol. The Balaban J connectivity index is 2.04. The quantitative estimate of drug-likeness (QED) is 0.896. The summed E-state index contributed by atoms with van der Waals surface area (Å²) in [5.41, 5.74) is 2.04. The minimum atomic E-state index is -0.225. The highest BCUT2D eigenvalue weighted by Gasteiger charge is 2.29. The largest absolute Gasteiger partial charge is 0.315 e. The molecule has 1 aliphatic carbocycles. The first-order valence-corrected chi connectivity index (χ1v) is 7.89. The van der Waals surface area contributed by atoms with Gasteiger partial charge in [0, 0.05) is 27.4 Å². The average molecular weight is 341 g/mol. The van der Waals surface area contributed by atoms with Gasteiger partial charge in [-0.3, -0.25) is 0 Å². The Morgan fingerprint density at radius 3 is 2.95 bits per heavy atom. The van der Waals surface area contributed by atoms with Gasteiger partial charge in [-0.2, -0.15) is 0 Å². The molecule has 1 saturated carbocycles. The lowest BCUT2D eigenvalue weighted by molar-refractivity contribution is 0.628. The Hall–Kier alpha value is -0.780. The molecule has 1 N–H and O–H groups in total. The number of nitrogens with zero attached hydrogens (tertiary/aromatic N) is 1. The van der Waals surface area contributed by atoms with E-state index in [1.54, 1.807) is 23.5 Å². The van der Waals surface area contributed by atoms with Gasteiger partial charge in [0.1, 0.15) is 10.8 Å². The molecule has 0 unspecified atom stereocenters. The summed E-state index contributed by atoms with van der Waals surface area (Å²) in [6, 6.07) is 4.74. The van der Waals surface area contributed by atoms with Gasteiger partial charge in [0.25, 0.3) is 0 Å². The second kappa shape index (κ2) is 5.31. The highest BCUT2D eigenvalue weighted by molar-refractivity contribution is 9.10. The summed E-state index contributed by atoms with van der Waals surface area (Å²) in [7, 11) is 1.94. The first-order valence-electron chi connectivity index (χ1n) is 6.28. The number of nitrogens with one attached hydrogen (secondary N) is 1. The number of thiazole rings is 1. The molecule has 0 bridgehead atoms. The molecule has 0 amide bonds. The molecule has 1 heterocycles. The smallest absolute Gasteiger partial charge is 0.125 e. The molecule has 2 nitrogen and oxygen atoms in total. The van der Waals surface area contributed by atoms with E-state index in [-0.39, 0.29) is 5.82 Å². The van der Waals surface area contributed by atoms with Gasteiger partial charge in [-0.15, -0.1) is 11.3 Å². The van der Waals surface area contributed by atoms with E-state index < -0.39 is 0 Å². The number of hydrogen-bond donors (Lipinski definition) is 1. The van der Waals surface area contributed by atoms with Crippen molar-refractivity contribution in [1.29, 1.82) is 0 Å². The predicted molar refractivity (Wildman–Crippen MR) is 79.9 cm³/mol. The fourth-order valence-corrected chi connectivity index (χ4v) is 3.86. The zero-order chi connectivity index (χ0) is 13.4. The van der Waals surface area contributed by atoms with Crippen LogP contribution in [0.25, 0.3) is 10.6 Å². The summed E-state index contributed by atoms with van der Waals surface area (Å²) in [6.45, 7) is 0.830. The molecule has 100 valence electrons. The third-order valence-electron chi connectivity index (χ3n) is 3.19. The lowest BCUT2D eigenvalue weighted by Crippen LogP contribution is -2.05. The summed E-state index contributed by atoms with van der Waals surface area (Å²) in [6.07, 6.45) is 2.45. The number of aromatic nitrogens is 1. The number of halogens is 2. The maximum atomic E-state index is 13.4. The van der Waals surface area contributed by atoms with Crippen molar-refractivity contribution < 1.29 is 4.39 Å². The second-order valence-electron chi connectivity index (χ2n) is 4.76. The van der Waals surface area contributed by atoms with Crippen LogP contribution in [-0.2, 0) is 6.54 Å². The fraction of sp³-hybridized carbons (Fsp3) is 0.357. The van der Waals surface area contributed by atoms with Gasteiger partial charge < -0.3 is 5.32 Å². The van der Waals surface area contributed by atoms with Crippen molar-refractivity contribution >= 4 is 27.3 Å². The van der Waals surface area contributed by atoms with Crippen molar-refractivity contribution in [2.45, 2.75) is 25.3 Å². The van der Waals surface area contributed by atoms with Crippen LogP contribution in [0.5, 0.6) is 0 Å². The summed E-state index contributed by atoms with van der Waals surface area (Å²) < 4.78 is 14.3. The first-order chi connectivity index (χ1) is 9.19. The standard InChI is InChI=1S/C14H14BrFN2S/c1-17-7-12-13(8-2-3-8)18-14(19-12)10-6-9(16)4-5-11(10)15/h4-6,8,17H,2-3,7H2,1H3. The number of hydrogen-bond acceptors (Lipinski definition) is 3. The highest BCUT2D eigenvalue weighted by atomic mass is 79.9. The molecule has 1 aromatic carbocycles. The van der Waals surface area contributed by atoms with Crippen LogP contribution in [-0.4, -0.2) is 12.0 Å². The SMILES string of the molecule is CNCc1sc(-c2cc(F)ccc2Br)nc1C1CC1. The topological polar surface area (TPSA) is 24.9 Å². The average Bonchev–Trinajstić information content (AvgIpc) is 3.15. The zero-order valence-corrected chi connectivity index (χ0v) is 12.9. The highest BCUT2D eigenvalue weighted by Crippen LogP contribution is 2.45. The molecule has 0 atom stereocenters. The Bertz CT molecular complexity index is 607. The molecule has 2 aromatic rings. The number of benzene rings is 1. The maximum absolute atomic E-state index is 13.4. The van der Waals surface area contributed by atoms with Gasteiger partial charge in [-0.25, -0.2) is 9.37 Å². The van der Waals surface area contributed by atoms with Crippen LogP contribution in [0.3, 0.4) is 0 Å². The van der Waals surface area contributed by atoms with Crippen LogP contribution in [0.15, 0.2) is 22.7 Å². The van der Waals surface area contributed by atoms with Gasteiger partial charge >= 0.3 is 0 Å². The van der Waals surface area contributed by atoms with E-state index in [1.807, 2.05) is 7.05 Å². The van der Waals surface area contributed by atoms with Crippen molar-refractivity contribution in [1.82, 2.24) is 10.3 Å². The summed E-state index contributed by atoms with van der Waals surface area (Å²) in [5.74, 6) is 0.386. The summed E-state index contributed by atoms with van der Waals surface area (Å²) in [5, 5.41) is 4.08. The van der Waals surface area contributed by atoms with E-state index >= 15 is 0 Å². The maximum Gasteiger partial charge on any atom is 0.125 e.